The second-order valence-electron chi connectivity index (χ2n) is 4.02. The molecule has 20 heavy (non-hydrogen) atoms. The highest BCUT2D eigenvalue weighted by molar-refractivity contribution is 5.90. The largest absolute Gasteiger partial charge is 0.478 e. The summed E-state index contributed by atoms with van der Waals surface area (Å²) in [5, 5.41) is 8.67. The number of esters is 1. The maximum Gasteiger partial charge on any atom is 0.337 e. The van der Waals surface area contributed by atoms with Gasteiger partial charge in [0, 0.05) is 23.7 Å². The second-order valence-corrected chi connectivity index (χ2v) is 4.02. The number of carbonyl (C=O) groups is 2. The summed E-state index contributed by atoms with van der Waals surface area (Å²) in [5.74, 6) is -1.43. The Morgan fingerprint density at radius 1 is 1.25 bits per heavy atom. The van der Waals surface area contributed by atoms with Gasteiger partial charge < -0.3 is 14.4 Å². The van der Waals surface area contributed by atoms with E-state index in [1.54, 1.807) is 41.1 Å². The molecule has 0 aliphatic rings. The van der Waals surface area contributed by atoms with Crippen molar-refractivity contribution in [2.45, 2.75) is 0 Å². The number of carboxylic acids is 1. The van der Waals surface area contributed by atoms with Gasteiger partial charge in [0.05, 0.1) is 12.7 Å². The summed E-state index contributed by atoms with van der Waals surface area (Å²) >= 11 is 0. The van der Waals surface area contributed by atoms with E-state index in [4.69, 9.17) is 5.11 Å². The standard InChI is InChI=1S/C15H13NO4/c1-20-15(19)11-4-2-5-13(10-11)16-9-3-6-12(16)7-8-14(17)18/h2-10H,1H3,(H,17,18). The summed E-state index contributed by atoms with van der Waals surface area (Å²) in [6.07, 6.45) is 4.35. The van der Waals surface area contributed by atoms with E-state index < -0.39 is 11.9 Å². The van der Waals surface area contributed by atoms with Crippen LogP contribution in [0.15, 0.2) is 48.7 Å². The van der Waals surface area contributed by atoms with Crippen LogP contribution in [0.4, 0.5) is 0 Å². The van der Waals surface area contributed by atoms with Gasteiger partial charge in [0.25, 0.3) is 0 Å². The molecule has 5 heteroatoms. The van der Waals surface area contributed by atoms with Crippen molar-refractivity contribution >= 4 is 18.0 Å². The molecule has 0 atom stereocenters. The molecular formula is C15H13NO4. The Kier molecular flexibility index (Phi) is 4.00. The zero-order valence-electron chi connectivity index (χ0n) is 10.8. The Labute approximate surface area is 115 Å². The third-order valence-corrected chi connectivity index (χ3v) is 2.72. The number of benzene rings is 1. The molecule has 0 radical (unpaired) electrons. The number of nitrogens with zero attached hydrogens (tertiary/aromatic N) is 1. The molecule has 0 amide bonds. The van der Waals surface area contributed by atoms with Crippen LogP contribution in [0.25, 0.3) is 11.8 Å². The van der Waals surface area contributed by atoms with Crippen LogP contribution in [0, 0.1) is 0 Å². The highest BCUT2D eigenvalue weighted by Crippen LogP contribution is 2.16. The molecule has 1 N–H and O–H groups in total. The van der Waals surface area contributed by atoms with Crippen molar-refractivity contribution in [2.75, 3.05) is 7.11 Å². The van der Waals surface area contributed by atoms with Crippen LogP contribution in [0.2, 0.25) is 0 Å². The molecule has 2 rings (SSSR count). The summed E-state index contributed by atoms with van der Waals surface area (Å²) in [6.45, 7) is 0. The molecule has 0 fully saturated rings. The molecule has 102 valence electrons. The Balaban J connectivity index is 2.40. The van der Waals surface area contributed by atoms with Crippen LogP contribution < -0.4 is 0 Å². The Morgan fingerprint density at radius 3 is 2.75 bits per heavy atom. The maximum absolute atomic E-state index is 11.5. The van der Waals surface area contributed by atoms with Crippen LogP contribution >= 0.6 is 0 Å². The average molecular weight is 271 g/mol. The zero-order chi connectivity index (χ0) is 14.5. The monoisotopic (exact) mass is 271 g/mol. The van der Waals surface area contributed by atoms with Gasteiger partial charge in [-0.05, 0) is 36.4 Å². The van der Waals surface area contributed by atoms with E-state index >= 15 is 0 Å². The van der Waals surface area contributed by atoms with E-state index in [1.807, 2.05) is 6.07 Å². The van der Waals surface area contributed by atoms with Crippen LogP contribution in [0.1, 0.15) is 16.1 Å². The van der Waals surface area contributed by atoms with Crippen LogP contribution in [0.5, 0.6) is 0 Å². The van der Waals surface area contributed by atoms with Gasteiger partial charge in [0.2, 0.25) is 0 Å². The van der Waals surface area contributed by atoms with Gasteiger partial charge in [-0.2, -0.15) is 0 Å². The van der Waals surface area contributed by atoms with Gasteiger partial charge in [0.1, 0.15) is 0 Å². The minimum atomic E-state index is -1.01. The molecule has 0 bridgehead atoms. The van der Waals surface area contributed by atoms with Crippen LogP contribution in [-0.4, -0.2) is 28.7 Å². The molecule has 0 spiro atoms. The minimum absolute atomic E-state index is 0.415. The first-order chi connectivity index (χ1) is 9.61. The third kappa shape index (κ3) is 2.95. The maximum atomic E-state index is 11.5. The number of aliphatic carboxylic acids is 1. The molecule has 0 unspecified atom stereocenters. The van der Waals surface area contributed by atoms with Crippen molar-refractivity contribution in [1.29, 1.82) is 0 Å². The first-order valence-electron chi connectivity index (χ1n) is 5.89. The summed E-state index contributed by atoms with van der Waals surface area (Å²) in [6, 6.07) is 10.5. The molecule has 0 saturated carbocycles. The van der Waals surface area contributed by atoms with Crippen molar-refractivity contribution in [2.24, 2.45) is 0 Å². The normalized spacial score (nSPS) is 10.7. The molecule has 0 aliphatic heterocycles. The Hall–Kier alpha value is -2.82. The lowest BCUT2D eigenvalue weighted by Crippen LogP contribution is -2.03. The number of carbonyl (C=O) groups excluding carboxylic acids is 1. The number of methoxy groups -OCH3 is 1. The fraction of sp³-hybridized carbons (Fsp3) is 0.0667. The van der Waals surface area contributed by atoms with Crippen molar-refractivity contribution < 1.29 is 19.4 Å². The number of rotatable bonds is 4. The molecular weight excluding hydrogens is 258 g/mol. The highest BCUT2D eigenvalue weighted by atomic mass is 16.5. The molecule has 2 aromatic rings. The van der Waals surface area contributed by atoms with E-state index in [0.717, 1.165) is 11.8 Å². The second kappa shape index (κ2) is 5.88. The Morgan fingerprint density at radius 2 is 2.05 bits per heavy atom. The first-order valence-corrected chi connectivity index (χ1v) is 5.89. The van der Waals surface area contributed by atoms with Crippen molar-refractivity contribution in [3.63, 3.8) is 0 Å². The lowest BCUT2D eigenvalue weighted by atomic mass is 10.2. The molecule has 5 nitrogen and oxygen atoms in total. The van der Waals surface area contributed by atoms with E-state index in [1.165, 1.54) is 13.2 Å². The molecule has 0 saturated heterocycles. The van der Waals surface area contributed by atoms with E-state index in [2.05, 4.69) is 4.74 Å². The lowest BCUT2D eigenvalue weighted by Gasteiger charge is -2.08. The zero-order valence-corrected chi connectivity index (χ0v) is 10.8. The molecule has 0 aliphatic carbocycles. The quantitative estimate of drug-likeness (QED) is 0.684. The summed E-state index contributed by atoms with van der Waals surface area (Å²) in [5.41, 5.74) is 1.89. The van der Waals surface area contributed by atoms with E-state index in [9.17, 15) is 9.59 Å². The summed E-state index contributed by atoms with van der Waals surface area (Å²) in [7, 11) is 1.33. The molecule has 1 aromatic carbocycles. The van der Waals surface area contributed by atoms with Gasteiger partial charge in [-0.25, -0.2) is 9.59 Å². The predicted molar refractivity (Wildman–Crippen MR) is 73.8 cm³/mol. The number of ether oxygens (including phenoxy) is 1. The van der Waals surface area contributed by atoms with Crippen molar-refractivity contribution in [3.05, 3.63) is 59.9 Å². The van der Waals surface area contributed by atoms with Gasteiger partial charge in [-0.3, -0.25) is 0 Å². The number of aromatic nitrogens is 1. The van der Waals surface area contributed by atoms with Gasteiger partial charge in [-0.1, -0.05) is 6.07 Å². The molecule has 1 heterocycles. The SMILES string of the molecule is COC(=O)c1cccc(-n2cccc2C=CC(=O)O)c1. The van der Waals surface area contributed by atoms with Crippen molar-refractivity contribution in [1.82, 2.24) is 4.57 Å². The fourth-order valence-corrected chi connectivity index (χ4v) is 1.82. The van der Waals surface area contributed by atoms with Crippen LogP contribution in [-0.2, 0) is 9.53 Å². The van der Waals surface area contributed by atoms with Gasteiger partial charge >= 0.3 is 11.9 Å². The minimum Gasteiger partial charge on any atom is -0.478 e. The van der Waals surface area contributed by atoms with Gasteiger partial charge in [0.15, 0.2) is 0 Å². The Bertz CT molecular complexity index is 670. The number of hydrogen-bond donors (Lipinski definition) is 1. The topological polar surface area (TPSA) is 68.5 Å². The fourth-order valence-electron chi connectivity index (χ4n) is 1.82. The smallest absolute Gasteiger partial charge is 0.337 e. The van der Waals surface area contributed by atoms with E-state index in [-0.39, 0.29) is 0 Å². The first kappa shape index (κ1) is 13.6. The number of hydrogen-bond acceptors (Lipinski definition) is 3. The average Bonchev–Trinajstić information content (AvgIpc) is 2.92. The highest BCUT2D eigenvalue weighted by Gasteiger charge is 2.07. The number of carboxylic acid groups (broad SMARTS) is 1. The summed E-state index contributed by atoms with van der Waals surface area (Å²) in [4.78, 5) is 22.1. The lowest BCUT2D eigenvalue weighted by molar-refractivity contribution is -0.131. The van der Waals surface area contributed by atoms with E-state index in [0.29, 0.717) is 11.3 Å². The third-order valence-electron chi connectivity index (χ3n) is 2.72. The van der Waals surface area contributed by atoms with Crippen LogP contribution in [0.3, 0.4) is 0 Å². The van der Waals surface area contributed by atoms with Gasteiger partial charge in [-0.15, -0.1) is 0 Å². The molecule has 1 aromatic heterocycles. The predicted octanol–water partition coefficient (Wildman–Crippen LogP) is 2.36. The van der Waals surface area contributed by atoms with Crippen molar-refractivity contribution in [3.8, 4) is 5.69 Å². The summed E-state index contributed by atoms with van der Waals surface area (Å²) < 4.78 is 6.46.